The molecule has 1 fully saturated rings. The number of nitrogens with one attached hydrogen (secondary N) is 1. The summed E-state index contributed by atoms with van der Waals surface area (Å²) in [4.78, 5) is 16.3. The van der Waals surface area contributed by atoms with Crippen LogP contribution in [-0.4, -0.2) is 62.1 Å². The molecule has 1 saturated heterocycles. The summed E-state index contributed by atoms with van der Waals surface area (Å²) in [5, 5.41) is 3.28. The number of hydrogen-bond acceptors (Lipinski definition) is 4. The Morgan fingerprint density at radius 2 is 1.86 bits per heavy atom. The Kier molecular flexibility index (Phi) is 5.87. The zero-order chi connectivity index (χ0) is 15.1. The average molecular weight is 291 g/mol. The zero-order valence-corrected chi connectivity index (χ0v) is 13.0. The molecule has 5 heteroatoms. The summed E-state index contributed by atoms with van der Waals surface area (Å²) in [5.41, 5.74) is 1.02. The molecule has 1 aliphatic heterocycles. The molecule has 1 amide bonds. The van der Waals surface area contributed by atoms with Gasteiger partial charge in [0.05, 0.1) is 6.61 Å². The van der Waals surface area contributed by atoms with Gasteiger partial charge < -0.3 is 19.9 Å². The number of likely N-dealkylation sites (N-methyl/N-ethyl adjacent to an activating group) is 1. The third-order valence-corrected chi connectivity index (χ3v) is 3.69. The van der Waals surface area contributed by atoms with Crippen LogP contribution in [0.2, 0.25) is 0 Å². The number of anilines is 1. The molecular weight excluding hydrogens is 266 g/mol. The highest BCUT2D eigenvalue weighted by Crippen LogP contribution is 2.15. The smallest absolute Gasteiger partial charge is 0.224 e. The monoisotopic (exact) mass is 291 g/mol. The number of rotatable bonds is 6. The minimum absolute atomic E-state index is 0.238. The number of nitrogens with zero attached hydrogens (tertiary/aromatic N) is 2. The normalized spacial score (nSPS) is 15.8. The third-order valence-electron chi connectivity index (χ3n) is 3.69. The van der Waals surface area contributed by atoms with Crippen molar-refractivity contribution < 1.29 is 9.53 Å². The standard InChI is InChI=1S/C16H25N3O2/c1-3-21-15-6-4-14(5-7-15)17-9-8-16(20)19-12-10-18(2)11-13-19/h4-7,17H,3,8-13H2,1-2H3. The van der Waals surface area contributed by atoms with Crippen molar-refractivity contribution in [3.8, 4) is 5.75 Å². The van der Waals surface area contributed by atoms with E-state index in [0.717, 1.165) is 37.6 Å². The van der Waals surface area contributed by atoms with Gasteiger partial charge in [-0.15, -0.1) is 0 Å². The largest absolute Gasteiger partial charge is 0.494 e. The Labute approximate surface area is 126 Å². The number of piperazine rings is 1. The summed E-state index contributed by atoms with van der Waals surface area (Å²) in [6.45, 7) is 6.94. The van der Waals surface area contributed by atoms with E-state index in [2.05, 4.69) is 17.3 Å². The maximum atomic E-state index is 12.1. The highest BCUT2D eigenvalue weighted by molar-refractivity contribution is 5.76. The summed E-state index contributed by atoms with van der Waals surface area (Å²) in [7, 11) is 2.09. The summed E-state index contributed by atoms with van der Waals surface area (Å²) >= 11 is 0. The fourth-order valence-electron chi connectivity index (χ4n) is 2.36. The first-order valence-electron chi connectivity index (χ1n) is 7.62. The molecule has 0 spiro atoms. The van der Waals surface area contributed by atoms with Crippen molar-refractivity contribution >= 4 is 11.6 Å². The molecule has 0 aliphatic carbocycles. The first-order chi connectivity index (χ1) is 10.2. The number of hydrogen-bond donors (Lipinski definition) is 1. The van der Waals surface area contributed by atoms with Crippen LogP contribution in [0.3, 0.4) is 0 Å². The first kappa shape index (κ1) is 15.6. The summed E-state index contributed by atoms with van der Waals surface area (Å²) in [6, 6.07) is 7.83. The fraction of sp³-hybridized carbons (Fsp3) is 0.562. The summed E-state index contributed by atoms with van der Waals surface area (Å²) < 4.78 is 5.40. The lowest BCUT2D eigenvalue weighted by atomic mass is 10.2. The minimum Gasteiger partial charge on any atom is -0.494 e. The lowest BCUT2D eigenvalue weighted by Crippen LogP contribution is -2.47. The van der Waals surface area contributed by atoms with Crippen LogP contribution in [0, 0.1) is 0 Å². The van der Waals surface area contributed by atoms with Crippen LogP contribution in [0.1, 0.15) is 13.3 Å². The molecule has 1 aliphatic rings. The van der Waals surface area contributed by atoms with E-state index in [1.165, 1.54) is 0 Å². The van der Waals surface area contributed by atoms with E-state index in [4.69, 9.17) is 4.74 Å². The molecule has 1 aromatic carbocycles. The van der Waals surface area contributed by atoms with E-state index in [1.807, 2.05) is 36.1 Å². The number of benzene rings is 1. The van der Waals surface area contributed by atoms with E-state index >= 15 is 0 Å². The van der Waals surface area contributed by atoms with E-state index in [-0.39, 0.29) is 5.91 Å². The van der Waals surface area contributed by atoms with Crippen LogP contribution in [-0.2, 0) is 4.79 Å². The van der Waals surface area contributed by atoms with Gasteiger partial charge in [0.1, 0.15) is 5.75 Å². The van der Waals surface area contributed by atoms with Crippen molar-refractivity contribution in [2.45, 2.75) is 13.3 Å². The van der Waals surface area contributed by atoms with Gasteiger partial charge in [-0.2, -0.15) is 0 Å². The minimum atomic E-state index is 0.238. The molecule has 1 N–H and O–H groups in total. The summed E-state index contributed by atoms with van der Waals surface area (Å²) in [6.07, 6.45) is 0.539. The SMILES string of the molecule is CCOc1ccc(NCCC(=O)N2CCN(C)CC2)cc1. The van der Waals surface area contributed by atoms with Crippen molar-refractivity contribution in [1.29, 1.82) is 0 Å². The second-order valence-corrected chi connectivity index (χ2v) is 5.32. The van der Waals surface area contributed by atoms with E-state index < -0.39 is 0 Å². The zero-order valence-electron chi connectivity index (χ0n) is 13.0. The fourth-order valence-corrected chi connectivity index (χ4v) is 2.36. The average Bonchev–Trinajstić information content (AvgIpc) is 2.50. The van der Waals surface area contributed by atoms with Gasteiger partial charge in [0.25, 0.3) is 0 Å². The van der Waals surface area contributed by atoms with Gasteiger partial charge >= 0.3 is 0 Å². The maximum absolute atomic E-state index is 12.1. The van der Waals surface area contributed by atoms with Crippen LogP contribution < -0.4 is 10.1 Å². The highest BCUT2D eigenvalue weighted by Gasteiger charge is 2.18. The molecule has 2 rings (SSSR count). The molecule has 0 unspecified atom stereocenters. The van der Waals surface area contributed by atoms with Gasteiger partial charge in [0.15, 0.2) is 0 Å². The first-order valence-corrected chi connectivity index (χ1v) is 7.62. The second kappa shape index (κ2) is 7.88. The van der Waals surface area contributed by atoms with E-state index in [1.54, 1.807) is 0 Å². The van der Waals surface area contributed by atoms with Crippen molar-refractivity contribution in [3.05, 3.63) is 24.3 Å². The number of ether oxygens (including phenoxy) is 1. The van der Waals surface area contributed by atoms with Gasteiger partial charge in [-0.05, 0) is 38.2 Å². The lowest BCUT2D eigenvalue weighted by Gasteiger charge is -2.32. The van der Waals surface area contributed by atoms with Crippen molar-refractivity contribution in [3.63, 3.8) is 0 Å². The number of carbonyl (C=O) groups excluding carboxylic acids is 1. The molecule has 0 radical (unpaired) electrons. The molecule has 21 heavy (non-hydrogen) atoms. The number of carbonyl (C=O) groups is 1. The van der Waals surface area contributed by atoms with Crippen molar-refractivity contribution in [2.75, 3.05) is 51.7 Å². The Bertz CT molecular complexity index is 439. The molecule has 5 nitrogen and oxygen atoms in total. The van der Waals surface area contributed by atoms with Gasteiger partial charge in [-0.1, -0.05) is 0 Å². The molecule has 1 aromatic rings. The second-order valence-electron chi connectivity index (χ2n) is 5.32. The highest BCUT2D eigenvalue weighted by atomic mass is 16.5. The number of amides is 1. The Morgan fingerprint density at radius 1 is 1.19 bits per heavy atom. The van der Waals surface area contributed by atoms with Gasteiger partial charge in [-0.25, -0.2) is 0 Å². The molecular formula is C16H25N3O2. The Morgan fingerprint density at radius 3 is 2.48 bits per heavy atom. The van der Waals surface area contributed by atoms with Crippen molar-refractivity contribution in [2.24, 2.45) is 0 Å². The molecule has 0 saturated carbocycles. The molecule has 0 atom stereocenters. The summed E-state index contributed by atoms with van der Waals surface area (Å²) in [5.74, 6) is 1.11. The van der Waals surface area contributed by atoms with E-state index in [9.17, 15) is 4.79 Å². The quantitative estimate of drug-likeness (QED) is 0.866. The third kappa shape index (κ3) is 4.93. The van der Waals surface area contributed by atoms with Gasteiger partial charge in [0, 0.05) is 44.8 Å². The van der Waals surface area contributed by atoms with Crippen LogP contribution in [0.4, 0.5) is 5.69 Å². The Hall–Kier alpha value is -1.75. The van der Waals surface area contributed by atoms with Crippen LogP contribution in [0.15, 0.2) is 24.3 Å². The van der Waals surface area contributed by atoms with Gasteiger partial charge in [0.2, 0.25) is 5.91 Å². The van der Waals surface area contributed by atoms with Crippen LogP contribution >= 0.6 is 0 Å². The predicted molar refractivity (Wildman–Crippen MR) is 84.8 cm³/mol. The van der Waals surface area contributed by atoms with Crippen molar-refractivity contribution in [1.82, 2.24) is 9.80 Å². The molecule has 0 aromatic heterocycles. The maximum Gasteiger partial charge on any atom is 0.224 e. The van der Waals surface area contributed by atoms with Crippen LogP contribution in [0.25, 0.3) is 0 Å². The lowest BCUT2D eigenvalue weighted by molar-refractivity contribution is -0.132. The molecule has 1 heterocycles. The Balaban J connectivity index is 1.70. The van der Waals surface area contributed by atoms with Crippen LogP contribution in [0.5, 0.6) is 5.75 Å². The molecule has 0 bridgehead atoms. The predicted octanol–water partition coefficient (Wildman–Crippen LogP) is 1.66. The van der Waals surface area contributed by atoms with E-state index in [0.29, 0.717) is 19.6 Å². The topological polar surface area (TPSA) is 44.8 Å². The molecule has 116 valence electrons. The van der Waals surface area contributed by atoms with Gasteiger partial charge in [-0.3, -0.25) is 4.79 Å².